The molecule has 1 aliphatic heterocycles. The van der Waals surface area contributed by atoms with Crippen molar-refractivity contribution >= 4 is 0 Å². The number of hydrogen-bond acceptors (Lipinski definition) is 3. The standard InChI is InChI=1S/C13H28N2O/c1-3-13(12-16-2)14-8-11-15-9-6-4-5-7-10-15/h13-14H,3-12H2,1-2H3. The van der Waals surface area contributed by atoms with Crippen LogP contribution in [-0.2, 0) is 4.74 Å². The van der Waals surface area contributed by atoms with Crippen molar-refractivity contribution in [2.45, 2.75) is 45.1 Å². The van der Waals surface area contributed by atoms with E-state index in [0.717, 1.165) is 19.6 Å². The molecule has 0 aromatic heterocycles. The molecule has 1 heterocycles. The van der Waals surface area contributed by atoms with Gasteiger partial charge >= 0.3 is 0 Å². The topological polar surface area (TPSA) is 24.5 Å². The predicted octanol–water partition coefficient (Wildman–Crippen LogP) is 1.88. The maximum Gasteiger partial charge on any atom is 0.0615 e. The average molecular weight is 228 g/mol. The largest absolute Gasteiger partial charge is 0.383 e. The molecule has 1 N–H and O–H groups in total. The molecule has 0 saturated carbocycles. The van der Waals surface area contributed by atoms with Crippen LogP contribution in [0.25, 0.3) is 0 Å². The van der Waals surface area contributed by atoms with Crippen LogP contribution in [-0.4, -0.2) is 50.8 Å². The SMILES string of the molecule is CCC(COC)NCCN1CCCCCC1. The van der Waals surface area contributed by atoms with Crippen LogP contribution in [0.1, 0.15) is 39.0 Å². The molecule has 0 radical (unpaired) electrons. The van der Waals surface area contributed by atoms with Crippen molar-refractivity contribution in [3.8, 4) is 0 Å². The monoisotopic (exact) mass is 228 g/mol. The van der Waals surface area contributed by atoms with E-state index in [-0.39, 0.29) is 0 Å². The lowest BCUT2D eigenvalue weighted by Crippen LogP contribution is -2.39. The summed E-state index contributed by atoms with van der Waals surface area (Å²) in [5, 5.41) is 3.57. The molecule has 3 nitrogen and oxygen atoms in total. The average Bonchev–Trinajstić information content (AvgIpc) is 2.56. The summed E-state index contributed by atoms with van der Waals surface area (Å²) < 4.78 is 5.18. The number of likely N-dealkylation sites (tertiary alicyclic amines) is 1. The number of nitrogens with zero attached hydrogens (tertiary/aromatic N) is 1. The molecule has 0 bridgehead atoms. The second kappa shape index (κ2) is 8.97. The first-order chi connectivity index (χ1) is 7.86. The molecule has 96 valence electrons. The van der Waals surface area contributed by atoms with Crippen LogP contribution < -0.4 is 5.32 Å². The van der Waals surface area contributed by atoms with Crippen molar-refractivity contribution in [2.75, 3.05) is 39.9 Å². The Hall–Kier alpha value is -0.120. The van der Waals surface area contributed by atoms with Gasteiger partial charge in [0, 0.05) is 26.2 Å². The first-order valence-electron chi connectivity index (χ1n) is 6.81. The Balaban J connectivity index is 2.08. The maximum absolute atomic E-state index is 5.18. The summed E-state index contributed by atoms with van der Waals surface area (Å²) in [4.78, 5) is 2.60. The number of methoxy groups -OCH3 is 1. The fourth-order valence-corrected chi connectivity index (χ4v) is 2.31. The van der Waals surface area contributed by atoms with Gasteiger partial charge in [-0.1, -0.05) is 19.8 Å². The van der Waals surface area contributed by atoms with Crippen LogP contribution >= 0.6 is 0 Å². The number of rotatable bonds is 7. The van der Waals surface area contributed by atoms with E-state index in [0.29, 0.717) is 6.04 Å². The summed E-state index contributed by atoms with van der Waals surface area (Å²) in [5.41, 5.74) is 0. The maximum atomic E-state index is 5.18. The van der Waals surface area contributed by atoms with Gasteiger partial charge in [-0.2, -0.15) is 0 Å². The zero-order valence-corrected chi connectivity index (χ0v) is 11.0. The van der Waals surface area contributed by atoms with Crippen molar-refractivity contribution in [3.63, 3.8) is 0 Å². The number of ether oxygens (including phenoxy) is 1. The first-order valence-corrected chi connectivity index (χ1v) is 6.81. The van der Waals surface area contributed by atoms with E-state index in [9.17, 15) is 0 Å². The highest BCUT2D eigenvalue weighted by atomic mass is 16.5. The van der Waals surface area contributed by atoms with Crippen molar-refractivity contribution in [1.29, 1.82) is 0 Å². The Bertz CT molecular complexity index is 156. The quantitative estimate of drug-likeness (QED) is 0.720. The summed E-state index contributed by atoms with van der Waals surface area (Å²) >= 11 is 0. The van der Waals surface area contributed by atoms with Gasteiger partial charge in [-0.25, -0.2) is 0 Å². The molecule has 1 aliphatic rings. The second-order valence-corrected chi connectivity index (χ2v) is 4.77. The van der Waals surface area contributed by atoms with Gasteiger partial charge < -0.3 is 15.0 Å². The van der Waals surface area contributed by atoms with E-state index in [1.807, 2.05) is 0 Å². The van der Waals surface area contributed by atoms with Crippen LogP contribution in [0.3, 0.4) is 0 Å². The Morgan fingerprint density at radius 2 is 1.88 bits per heavy atom. The first kappa shape index (κ1) is 13.9. The molecule has 1 rings (SSSR count). The number of nitrogens with one attached hydrogen (secondary N) is 1. The summed E-state index contributed by atoms with van der Waals surface area (Å²) in [6, 6.07) is 0.525. The smallest absolute Gasteiger partial charge is 0.0615 e. The van der Waals surface area contributed by atoms with Gasteiger partial charge in [-0.15, -0.1) is 0 Å². The summed E-state index contributed by atoms with van der Waals surface area (Å²) in [6.07, 6.45) is 6.76. The molecule has 16 heavy (non-hydrogen) atoms. The third-order valence-electron chi connectivity index (χ3n) is 3.42. The van der Waals surface area contributed by atoms with Gasteiger partial charge in [-0.3, -0.25) is 0 Å². The lowest BCUT2D eigenvalue weighted by Gasteiger charge is -2.22. The Morgan fingerprint density at radius 1 is 1.19 bits per heavy atom. The van der Waals surface area contributed by atoms with E-state index in [2.05, 4.69) is 17.1 Å². The molecule has 0 amide bonds. The predicted molar refractivity (Wildman–Crippen MR) is 68.9 cm³/mol. The van der Waals surface area contributed by atoms with E-state index >= 15 is 0 Å². The van der Waals surface area contributed by atoms with E-state index in [4.69, 9.17) is 4.74 Å². The zero-order chi connectivity index (χ0) is 11.6. The molecule has 1 atom stereocenters. The fraction of sp³-hybridized carbons (Fsp3) is 1.00. The van der Waals surface area contributed by atoms with Gasteiger partial charge in [0.1, 0.15) is 0 Å². The van der Waals surface area contributed by atoms with Crippen LogP contribution in [0.4, 0.5) is 0 Å². The lowest BCUT2D eigenvalue weighted by molar-refractivity contribution is 0.161. The number of hydrogen-bond donors (Lipinski definition) is 1. The highest BCUT2D eigenvalue weighted by Crippen LogP contribution is 2.08. The van der Waals surface area contributed by atoms with Gasteiger partial charge in [0.2, 0.25) is 0 Å². The van der Waals surface area contributed by atoms with Crippen LogP contribution in [0.2, 0.25) is 0 Å². The molecule has 3 heteroatoms. The van der Waals surface area contributed by atoms with E-state index in [1.165, 1.54) is 45.3 Å². The highest BCUT2D eigenvalue weighted by molar-refractivity contribution is 4.68. The Morgan fingerprint density at radius 3 is 2.44 bits per heavy atom. The van der Waals surface area contributed by atoms with E-state index in [1.54, 1.807) is 7.11 Å². The van der Waals surface area contributed by atoms with Crippen molar-refractivity contribution in [2.24, 2.45) is 0 Å². The molecule has 1 fully saturated rings. The lowest BCUT2D eigenvalue weighted by atomic mass is 10.2. The molecule has 0 aliphatic carbocycles. The van der Waals surface area contributed by atoms with Gasteiger partial charge in [0.05, 0.1) is 6.61 Å². The molecule has 1 unspecified atom stereocenters. The minimum absolute atomic E-state index is 0.525. The fourth-order valence-electron chi connectivity index (χ4n) is 2.31. The Kier molecular flexibility index (Phi) is 7.81. The minimum Gasteiger partial charge on any atom is -0.383 e. The van der Waals surface area contributed by atoms with Crippen LogP contribution in [0.15, 0.2) is 0 Å². The molecular weight excluding hydrogens is 200 g/mol. The summed E-state index contributed by atoms with van der Waals surface area (Å²) in [7, 11) is 1.78. The summed E-state index contributed by atoms with van der Waals surface area (Å²) in [6.45, 7) is 7.92. The van der Waals surface area contributed by atoms with Gasteiger partial charge in [0.15, 0.2) is 0 Å². The van der Waals surface area contributed by atoms with Crippen molar-refractivity contribution in [3.05, 3.63) is 0 Å². The van der Waals surface area contributed by atoms with Crippen LogP contribution in [0.5, 0.6) is 0 Å². The van der Waals surface area contributed by atoms with Crippen molar-refractivity contribution < 1.29 is 4.74 Å². The van der Waals surface area contributed by atoms with E-state index < -0.39 is 0 Å². The second-order valence-electron chi connectivity index (χ2n) is 4.77. The third kappa shape index (κ3) is 5.83. The minimum atomic E-state index is 0.525. The molecule has 0 aromatic carbocycles. The summed E-state index contributed by atoms with van der Waals surface area (Å²) in [5.74, 6) is 0. The van der Waals surface area contributed by atoms with Crippen LogP contribution in [0, 0.1) is 0 Å². The highest BCUT2D eigenvalue weighted by Gasteiger charge is 2.09. The molecule has 0 aromatic rings. The van der Waals surface area contributed by atoms with Gasteiger partial charge in [-0.05, 0) is 32.4 Å². The van der Waals surface area contributed by atoms with Gasteiger partial charge in [0.25, 0.3) is 0 Å². The third-order valence-corrected chi connectivity index (χ3v) is 3.42. The Labute approximate surface area is 101 Å². The molecule has 1 saturated heterocycles. The normalized spacial score (nSPS) is 20.6. The zero-order valence-electron chi connectivity index (χ0n) is 11.0. The van der Waals surface area contributed by atoms with Crippen molar-refractivity contribution in [1.82, 2.24) is 10.2 Å². The molecular formula is C13H28N2O. The molecule has 0 spiro atoms.